The fourth-order valence-electron chi connectivity index (χ4n) is 2.08. The van der Waals surface area contributed by atoms with Gasteiger partial charge in [-0.2, -0.15) is 0 Å². The predicted octanol–water partition coefficient (Wildman–Crippen LogP) is 3.25. The number of carbonyl (C=O) groups is 2. The van der Waals surface area contributed by atoms with Crippen molar-refractivity contribution in [2.75, 3.05) is 6.61 Å². The van der Waals surface area contributed by atoms with E-state index in [1.807, 2.05) is 13.0 Å². The van der Waals surface area contributed by atoms with E-state index in [0.717, 1.165) is 16.3 Å². The van der Waals surface area contributed by atoms with Crippen LogP contribution < -0.4 is 4.74 Å². The molecule has 0 bridgehead atoms. The van der Waals surface area contributed by atoms with E-state index < -0.39 is 0 Å². The van der Waals surface area contributed by atoms with Gasteiger partial charge in [0.05, 0.1) is 12.2 Å². The van der Waals surface area contributed by atoms with Crippen LogP contribution >= 0.6 is 0 Å². The molecule has 2 rings (SSSR count). The molecule has 104 valence electrons. The van der Waals surface area contributed by atoms with Gasteiger partial charge < -0.3 is 9.47 Å². The Labute approximate surface area is 117 Å². The number of hydrogen-bond acceptors (Lipinski definition) is 4. The Balaban J connectivity index is 2.46. The van der Waals surface area contributed by atoms with Gasteiger partial charge in [-0.15, -0.1) is 0 Å². The van der Waals surface area contributed by atoms with Crippen molar-refractivity contribution >= 4 is 22.7 Å². The molecule has 4 heteroatoms. The second-order valence-corrected chi connectivity index (χ2v) is 4.49. The van der Waals surface area contributed by atoms with Gasteiger partial charge in [0.1, 0.15) is 5.75 Å². The molecule has 2 aromatic carbocycles. The lowest BCUT2D eigenvalue weighted by molar-refractivity contribution is -0.131. The van der Waals surface area contributed by atoms with Crippen molar-refractivity contribution in [3.05, 3.63) is 41.5 Å². The van der Waals surface area contributed by atoms with Gasteiger partial charge in [-0.05, 0) is 54.4 Å². The molecular formula is C16H16O4. The molecule has 0 aromatic heterocycles. The number of carbonyl (C=O) groups excluding carboxylic acids is 2. The van der Waals surface area contributed by atoms with Crippen molar-refractivity contribution in [3.63, 3.8) is 0 Å². The molecule has 20 heavy (non-hydrogen) atoms. The van der Waals surface area contributed by atoms with Gasteiger partial charge in [-0.25, -0.2) is 4.79 Å². The van der Waals surface area contributed by atoms with Gasteiger partial charge in [0.15, 0.2) is 0 Å². The first-order valence-electron chi connectivity index (χ1n) is 6.41. The van der Waals surface area contributed by atoms with Crippen molar-refractivity contribution < 1.29 is 19.1 Å². The number of benzene rings is 2. The normalized spacial score (nSPS) is 10.3. The highest BCUT2D eigenvalue weighted by Crippen LogP contribution is 2.26. The lowest BCUT2D eigenvalue weighted by atomic mass is 10.0. The maximum Gasteiger partial charge on any atom is 0.338 e. The fourth-order valence-corrected chi connectivity index (χ4v) is 2.08. The minimum Gasteiger partial charge on any atom is -0.462 e. The average molecular weight is 272 g/mol. The van der Waals surface area contributed by atoms with Crippen LogP contribution in [0.15, 0.2) is 30.3 Å². The van der Waals surface area contributed by atoms with Gasteiger partial charge in [0.25, 0.3) is 0 Å². The van der Waals surface area contributed by atoms with E-state index in [2.05, 4.69) is 0 Å². The van der Waals surface area contributed by atoms with Gasteiger partial charge in [-0.3, -0.25) is 4.79 Å². The summed E-state index contributed by atoms with van der Waals surface area (Å²) < 4.78 is 10.1. The van der Waals surface area contributed by atoms with Crippen LogP contribution in [0.25, 0.3) is 10.8 Å². The summed E-state index contributed by atoms with van der Waals surface area (Å²) in [6, 6.07) is 8.87. The molecule has 0 radical (unpaired) electrons. The largest absolute Gasteiger partial charge is 0.462 e. The third-order valence-corrected chi connectivity index (χ3v) is 2.91. The van der Waals surface area contributed by atoms with Gasteiger partial charge in [-0.1, -0.05) is 6.07 Å². The van der Waals surface area contributed by atoms with E-state index in [1.165, 1.54) is 6.92 Å². The van der Waals surface area contributed by atoms with E-state index in [9.17, 15) is 9.59 Å². The number of fused-ring (bicyclic) bond motifs is 1. The SMILES string of the molecule is CCOC(=O)c1ccc2cc(OC(C)=O)cc(C)c2c1. The zero-order chi connectivity index (χ0) is 14.7. The smallest absolute Gasteiger partial charge is 0.338 e. The minimum absolute atomic E-state index is 0.335. The Bertz CT molecular complexity index is 673. The van der Waals surface area contributed by atoms with E-state index in [-0.39, 0.29) is 11.9 Å². The summed E-state index contributed by atoms with van der Waals surface area (Å²) in [7, 11) is 0. The van der Waals surface area contributed by atoms with E-state index in [1.54, 1.807) is 31.2 Å². The highest BCUT2D eigenvalue weighted by Gasteiger charge is 2.09. The molecule has 0 saturated carbocycles. The lowest BCUT2D eigenvalue weighted by Crippen LogP contribution is -2.04. The molecule has 0 amide bonds. The average Bonchev–Trinajstić information content (AvgIpc) is 2.38. The highest BCUT2D eigenvalue weighted by molar-refractivity contribution is 5.97. The third-order valence-electron chi connectivity index (χ3n) is 2.91. The molecular weight excluding hydrogens is 256 g/mol. The Hall–Kier alpha value is -2.36. The predicted molar refractivity (Wildman–Crippen MR) is 76.0 cm³/mol. The Morgan fingerprint density at radius 2 is 1.90 bits per heavy atom. The zero-order valence-electron chi connectivity index (χ0n) is 11.7. The molecule has 0 unspecified atom stereocenters. The monoisotopic (exact) mass is 272 g/mol. The van der Waals surface area contributed by atoms with Gasteiger partial charge in [0.2, 0.25) is 0 Å². The Morgan fingerprint density at radius 3 is 2.55 bits per heavy atom. The highest BCUT2D eigenvalue weighted by atomic mass is 16.5. The summed E-state index contributed by atoms with van der Waals surface area (Å²) in [5.41, 5.74) is 1.45. The first kappa shape index (κ1) is 14.1. The van der Waals surface area contributed by atoms with E-state index in [4.69, 9.17) is 9.47 Å². The second-order valence-electron chi connectivity index (χ2n) is 4.49. The quantitative estimate of drug-likeness (QED) is 0.635. The molecule has 0 atom stereocenters. The van der Waals surface area contributed by atoms with Crippen LogP contribution in [0.3, 0.4) is 0 Å². The van der Waals surface area contributed by atoms with E-state index >= 15 is 0 Å². The van der Waals surface area contributed by atoms with Crippen LogP contribution in [-0.4, -0.2) is 18.5 Å². The number of rotatable bonds is 3. The number of ether oxygens (including phenoxy) is 2. The van der Waals surface area contributed by atoms with Gasteiger partial charge in [0, 0.05) is 6.92 Å². The molecule has 2 aromatic rings. The van der Waals surface area contributed by atoms with Crippen LogP contribution in [0.1, 0.15) is 29.8 Å². The molecule has 4 nitrogen and oxygen atoms in total. The van der Waals surface area contributed by atoms with Crippen molar-refractivity contribution in [1.29, 1.82) is 0 Å². The van der Waals surface area contributed by atoms with E-state index in [0.29, 0.717) is 17.9 Å². The summed E-state index contributed by atoms with van der Waals surface area (Å²) in [6.45, 7) is 5.39. The number of esters is 2. The van der Waals surface area contributed by atoms with Crippen LogP contribution in [0.2, 0.25) is 0 Å². The van der Waals surface area contributed by atoms with Crippen molar-refractivity contribution in [1.82, 2.24) is 0 Å². The molecule has 0 fully saturated rings. The van der Waals surface area contributed by atoms with Crippen LogP contribution in [0.4, 0.5) is 0 Å². The summed E-state index contributed by atoms with van der Waals surface area (Å²) in [5.74, 6) is -0.184. The van der Waals surface area contributed by atoms with Crippen LogP contribution in [0, 0.1) is 6.92 Å². The molecule has 0 aliphatic carbocycles. The summed E-state index contributed by atoms with van der Waals surface area (Å²) in [5, 5.41) is 1.85. The molecule has 0 heterocycles. The van der Waals surface area contributed by atoms with Crippen molar-refractivity contribution in [2.24, 2.45) is 0 Å². The first-order valence-corrected chi connectivity index (χ1v) is 6.41. The summed E-state index contributed by atoms with van der Waals surface area (Å²) in [4.78, 5) is 22.7. The Morgan fingerprint density at radius 1 is 1.15 bits per heavy atom. The second kappa shape index (κ2) is 5.74. The van der Waals surface area contributed by atoms with Crippen LogP contribution in [-0.2, 0) is 9.53 Å². The van der Waals surface area contributed by atoms with Crippen molar-refractivity contribution in [2.45, 2.75) is 20.8 Å². The Kier molecular flexibility index (Phi) is 4.03. The number of hydrogen-bond donors (Lipinski definition) is 0. The topological polar surface area (TPSA) is 52.6 Å². The summed E-state index contributed by atoms with van der Waals surface area (Å²) in [6.07, 6.45) is 0. The maximum atomic E-state index is 11.7. The molecule has 0 aliphatic rings. The number of aryl methyl sites for hydroxylation is 1. The maximum absolute atomic E-state index is 11.7. The molecule has 0 aliphatic heterocycles. The van der Waals surface area contributed by atoms with Crippen molar-refractivity contribution in [3.8, 4) is 5.75 Å². The molecule has 0 saturated heterocycles. The van der Waals surface area contributed by atoms with Crippen LogP contribution in [0.5, 0.6) is 5.75 Å². The summed E-state index contributed by atoms with van der Waals surface area (Å²) >= 11 is 0. The standard InChI is InChI=1S/C16H16O4/c1-4-19-16(18)13-6-5-12-8-14(20-11(3)17)7-10(2)15(12)9-13/h5-9H,4H2,1-3H3. The fraction of sp³-hybridized carbons (Fsp3) is 0.250. The zero-order valence-corrected chi connectivity index (χ0v) is 11.7. The third kappa shape index (κ3) is 2.96. The lowest BCUT2D eigenvalue weighted by Gasteiger charge is -2.08. The van der Waals surface area contributed by atoms with Gasteiger partial charge >= 0.3 is 11.9 Å². The minimum atomic E-state index is -0.355. The molecule has 0 N–H and O–H groups in total. The first-order chi connectivity index (χ1) is 9.51. The molecule has 0 spiro atoms.